The molecule has 3 rings (SSSR count). The molecule has 11 heavy (non-hydrogen) atoms. The summed E-state index contributed by atoms with van der Waals surface area (Å²) in [6, 6.07) is 0.766. The van der Waals surface area contributed by atoms with E-state index >= 15 is 0 Å². The van der Waals surface area contributed by atoms with E-state index in [4.69, 9.17) is 5.73 Å². The molecule has 3 aliphatic heterocycles. The molecule has 2 bridgehead atoms. The van der Waals surface area contributed by atoms with Gasteiger partial charge in [-0.3, -0.25) is 9.80 Å². The van der Waals surface area contributed by atoms with Crippen LogP contribution < -0.4 is 5.73 Å². The lowest BCUT2D eigenvalue weighted by atomic mass is 10.1. The Morgan fingerprint density at radius 3 is 2.36 bits per heavy atom. The van der Waals surface area contributed by atoms with Crippen molar-refractivity contribution in [3.63, 3.8) is 0 Å². The fourth-order valence-electron chi connectivity index (χ4n) is 2.19. The molecule has 3 heteroatoms. The lowest BCUT2D eigenvalue weighted by Gasteiger charge is -2.47. The zero-order valence-electron chi connectivity index (χ0n) is 7.00. The van der Waals surface area contributed by atoms with Crippen molar-refractivity contribution < 1.29 is 0 Å². The third-order valence-corrected chi connectivity index (χ3v) is 2.89. The topological polar surface area (TPSA) is 32.5 Å². The van der Waals surface area contributed by atoms with Crippen molar-refractivity contribution in [2.75, 3.05) is 39.3 Å². The molecule has 1 atom stereocenters. The van der Waals surface area contributed by atoms with Crippen LogP contribution in [0.4, 0.5) is 0 Å². The Hall–Kier alpha value is -0.120. The average Bonchev–Trinajstić information content (AvgIpc) is 2.07. The molecule has 1 unspecified atom stereocenters. The number of hydrogen-bond donors (Lipinski definition) is 1. The molecule has 3 nitrogen and oxygen atoms in total. The lowest BCUT2D eigenvalue weighted by Crippen LogP contribution is -2.61. The van der Waals surface area contributed by atoms with Crippen LogP contribution in [0.15, 0.2) is 0 Å². The molecular weight excluding hydrogens is 138 g/mol. The number of nitrogens with two attached hydrogens (primary N) is 1. The summed E-state index contributed by atoms with van der Waals surface area (Å²) in [6.07, 6.45) is 1.18. The highest BCUT2D eigenvalue weighted by molar-refractivity contribution is 4.87. The van der Waals surface area contributed by atoms with E-state index in [0.717, 1.165) is 12.6 Å². The van der Waals surface area contributed by atoms with Crippen LogP contribution in [0, 0.1) is 0 Å². The third kappa shape index (κ3) is 1.41. The number of hydrogen-bond acceptors (Lipinski definition) is 3. The first kappa shape index (κ1) is 7.53. The Labute approximate surface area is 68.1 Å². The van der Waals surface area contributed by atoms with Gasteiger partial charge in [0.25, 0.3) is 0 Å². The van der Waals surface area contributed by atoms with Crippen molar-refractivity contribution >= 4 is 0 Å². The van der Waals surface area contributed by atoms with Crippen molar-refractivity contribution in [3.8, 4) is 0 Å². The van der Waals surface area contributed by atoms with Crippen LogP contribution in [-0.2, 0) is 0 Å². The van der Waals surface area contributed by atoms with Gasteiger partial charge in [-0.2, -0.15) is 0 Å². The largest absolute Gasteiger partial charge is 0.330 e. The Morgan fingerprint density at radius 1 is 1.18 bits per heavy atom. The van der Waals surface area contributed by atoms with Crippen LogP contribution in [0.25, 0.3) is 0 Å². The van der Waals surface area contributed by atoms with E-state index in [0.29, 0.717) is 0 Å². The highest BCUT2D eigenvalue weighted by Crippen LogP contribution is 2.16. The van der Waals surface area contributed by atoms with E-state index in [1.807, 2.05) is 0 Å². The van der Waals surface area contributed by atoms with Crippen molar-refractivity contribution in [1.82, 2.24) is 9.80 Å². The molecule has 3 heterocycles. The second-order valence-corrected chi connectivity index (χ2v) is 3.57. The number of piperazine rings is 3. The maximum absolute atomic E-state index is 5.55. The summed E-state index contributed by atoms with van der Waals surface area (Å²) in [6.45, 7) is 7.20. The van der Waals surface area contributed by atoms with Gasteiger partial charge in [-0.15, -0.1) is 0 Å². The molecule has 0 aromatic heterocycles. The van der Waals surface area contributed by atoms with Gasteiger partial charge in [-0.25, -0.2) is 0 Å². The van der Waals surface area contributed by atoms with E-state index < -0.39 is 0 Å². The van der Waals surface area contributed by atoms with Crippen LogP contribution >= 0.6 is 0 Å². The zero-order valence-corrected chi connectivity index (χ0v) is 7.00. The summed E-state index contributed by atoms with van der Waals surface area (Å²) < 4.78 is 0. The molecule has 0 spiro atoms. The average molecular weight is 155 g/mol. The van der Waals surface area contributed by atoms with E-state index in [9.17, 15) is 0 Å². The van der Waals surface area contributed by atoms with Crippen molar-refractivity contribution in [2.24, 2.45) is 5.73 Å². The quantitative estimate of drug-likeness (QED) is 0.574. The molecule has 64 valence electrons. The van der Waals surface area contributed by atoms with Crippen molar-refractivity contribution in [2.45, 2.75) is 12.5 Å². The molecule has 3 aliphatic rings. The molecule has 0 saturated carbocycles. The molecule has 0 radical (unpaired) electrons. The molecule has 0 amide bonds. The molecular formula is C8H17N3. The Balaban J connectivity index is 1.92. The van der Waals surface area contributed by atoms with Crippen LogP contribution in [0.1, 0.15) is 6.42 Å². The normalized spacial score (nSPS) is 42.8. The summed E-state index contributed by atoms with van der Waals surface area (Å²) in [7, 11) is 0. The van der Waals surface area contributed by atoms with Gasteiger partial charge in [0.1, 0.15) is 0 Å². The highest BCUT2D eigenvalue weighted by atomic mass is 15.3. The first-order chi connectivity index (χ1) is 5.40. The second kappa shape index (κ2) is 3.09. The van der Waals surface area contributed by atoms with E-state index in [-0.39, 0.29) is 0 Å². The maximum Gasteiger partial charge on any atom is 0.0236 e. The van der Waals surface area contributed by atoms with Gasteiger partial charge in [0, 0.05) is 38.8 Å². The van der Waals surface area contributed by atoms with Crippen molar-refractivity contribution in [3.05, 3.63) is 0 Å². The molecule has 3 saturated heterocycles. The Morgan fingerprint density at radius 2 is 1.91 bits per heavy atom. The monoisotopic (exact) mass is 155 g/mol. The fourth-order valence-corrected chi connectivity index (χ4v) is 2.19. The van der Waals surface area contributed by atoms with Gasteiger partial charge in [0.05, 0.1) is 0 Å². The maximum atomic E-state index is 5.55. The van der Waals surface area contributed by atoms with Crippen LogP contribution in [0.3, 0.4) is 0 Å². The summed E-state index contributed by atoms with van der Waals surface area (Å²) in [5.41, 5.74) is 5.55. The van der Waals surface area contributed by atoms with Crippen molar-refractivity contribution in [1.29, 1.82) is 0 Å². The number of nitrogens with zero attached hydrogens (tertiary/aromatic N) is 2. The van der Waals surface area contributed by atoms with Gasteiger partial charge in [-0.1, -0.05) is 0 Å². The second-order valence-electron chi connectivity index (χ2n) is 3.57. The summed E-state index contributed by atoms with van der Waals surface area (Å²) in [5.74, 6) is 0. The minimum Gasteiger partial charge on any atom is -0.330 e. The number of fused-ring (bicyclic) bond motifs is 3. The molecule has 0 aromatic rings. The minimum absolute atomic E-state index is 0.766. The van der Waals surface area contributed by atoms with Gasteiger partial charge in [0.2, 0.25) is 0 Å². The molecule has 2 N–H and O–H groups in total. The molecule has 0 aromatic carbocycles. The molecule has 0 aliphatic carbocycles. The molecule has 3 fully saturated rings. The smallest absolute Gasteiger partial charge is 0.0236 e. The standard InChI is InChI=1S/C8H17N3/c9-2-1-8-7-10-3-5-11(8)6-4-10/h8H,1-7,9H2. The van der Waals surface area contributed by atoms with E-state index in [1.54, 1.807) is 0 Å². The lowest BCUT2D eigenvalue weighted by molar-refractivity contribution is 0.0109. The third-order valence-electron chi connectivity index (χ3n) is 2.89. The van der Waals surface area contributed by atoms with Gasteiger partial charge >= 0.3 is 0 Å². The highest BCUT2D eigenvalue weighted by Gasteiger charge is 2.30. The first-order valence-electron chi connectivity index (χ1n) is 4.56. The fraction of sp³-hybridized carbons (Fsp3) is 1.00. The summed E-state index contributed by atoms with van der Waals surface area (Å²) in [5, 5.41) is 0. The number of rotatable bonds is 2. The van der Waals surface area contributed by atoms with Gasteiger partial charge in [0.15, 0.2) is 0 Å². The van der Waals surface area contributed by atoms with Gasteiger partial charge < -0.3 is 5.73 Å². The zero-order chi connectivity index (χ0) is 7.68. The predicted molar refractivity (Wildman–Crippen MR) is 45.5 cm³/mol. The van der Waals surface area contributed by atoms with E-state index in [1.165, 1.54) is 39.1 Å². The Kier molecular flexibility index (Phi) is 2.11. The van der Waals surface area contributed by atoms with Gasteiger partial charge in [-0.05, 0) is 13.0 Å². The summed E-state index contributed by atoms with van der Waals surface area (Å²) >= 11 is 0. The summed E-state index contributed by atoms with van der Waals surface area (Å²) in [4.78, 5) is 5.15. The Bertz CT molecular complexity index is 129. The SMILES string of the molecule is NCCC1CN2CCN1CC2. The van der Waals surface area contributed by atoms with Crippen LogP contribution in [0.5, 0.6) is 0 Å². The predicted octanol–water partition coefficient (Wildman–Crippen LogP) is -0.665. The van der Waals surface area contributed by atoms with Crippen LogP contribution in [-0.4, -0.2) is 55.1 Å². The van der Waals surface area contributed by atoms with Crippen LogP contribution in [0.2, 0.25) is 0 Å². The first-order valence-corrected chi connectivity index (χ1v) is 4.56. The minimum atomic E-state index is 0.766. The van der Waals surface area contributed by atoms with E-state index in [2.05, 4.69) is 9.80 Å².